The van der Waals surface area contributed by atoms with Gasteiger partial charge in [0.1, 0.15) is 0 Å². The molecule has 0 N–H and O–H groups in total. The first kappa shape index (κ1) is 16.8. The van der Waals surface area contributed by atoms with Crippen LogP contribution in [0.4, 0.5) is 0 Å². The van der Waals surface area contributed by atoms with Crippen molar-refractivity contribution in [1.29, 1.82) is 0 Å². The topological polar surface area (TPSA) is 63.7 Å². The summed E-state index contributed by atoms with van der Waals surface area (Å²) in [6.45, 7) is 1.21. The van der Waals surface area contributed by atoms with E-state index in [1.165, 1.54) is 7.11 Å². The third-order valence-electron chi connectivity index (χ3n) is 3.33. The van der Waals surface area contributed by atoms with E-state index in [0.29, 0.717) is 24.8 Å². The Morgan fingerprint density at radius 3 is 2.79 bits per heavy atom. The van der Waals surface area contributed by atoms with Gasteiger partial charge >= 0.3 is 5.97 Å². The van der Waals surface area contributed by atoms with Crippen LogP contribution in [0.1, 0.15) is 32.1 Å². The predicted octanol–water partition coefficient (Wildman–Crippen LogP) is 1.49. The number of esters is 1. The molecule has 0 aromatic rings. The third kappa shape index (κ3) is 5.71. The molecule has 0 unspecified atom stereocenters. The smallest absolute Gasteiger partial charge is 0.305 e. The van der Waals surface area contributed by atoms with Crippen molar-refractivity contribution in [3.05, 3.63) is 0 Å². The number of sulfonamides is 1. The summed E-state index contributed by atoms with van der Waals surface area (Å²) in [7, 11) is -1.93. The molecule has 0 aromatic heterocycles. The van der Waals surface area contributed by atoms with Crippen LogP contribution in [-0.4, -0.2) is 56.2 Å². The first-order valence-electron chi connectivity index (χ1n) is 6.57. The number of hydrogen-bond acceptors (Lipinski definition) is 5. The van der Waals surface area contributed by atoms with E-state index in [1.807, 2.05) is 6.26 Å². The molecule has 0 aromatic carbocycles. The van der Waals surface area contributed by atoms with E-state index in [1.54, 1.807) is 16.1 Å². The number of rotatable bonds is 6. The second kappa shape index (κ2) is 8.11. The van der Waals surface area contributed by atoms with E-state index in [9.17, 15) is 13.2 Å². The Balaban J connectivity index is 2.52. The molecule has 0 bridgehead atoms. The van der Waals surface area contributed by atoms with Crippen molar-refractivity contribution >= 4 is 27.8 Å². The molecule has 1 aliphatic heterocycles. The highest BCUT2D eigenvalue weighted by molar-refractivity contribution is 7.99. The maximum absolute atomic E-state index is 12.2. The molecule has 1 atom stereocenters. The molecular formula is C12H23NO4S2. The normalized spacial score (nSPS) is 21.9. The van der Waals surface area contributed by atoms with Gasteiger partial charge < -0.3 is 4.74 Å². The largest absolute Gasteiger partial charge is 0.469 e. The molecule has 0 saturated carbocycles. The van der Waals surface area contributed by atoms with Gasteiger partial charge in [-0.25, -0.2) is 12.7 Å². The Labute approximate surface area is 120 Å². The second-order valence-electron chi connectivity index (χ2n) is 4.71. The molecule has 0 amide bonds. The zero-order valence-corrected chi connectivity index (χ0v) is 13.3. The summed E-state index contributed by atoms with van der Waals surface area (Å²) in [5, 5.41) is 0.387. The van der Waals surface area contributed by atoms with E-state index in [-0.39, 0.29) is 18.1 Å². The van der Waals surface area contributed by atoms with Gasteiger partial charge in [-0.15, -0.1) is 0 Å². The van der Waals surface area contributed by atoms with Crippen LogP contribution in [0.3, 0.4) is 0 Å². The van der Waals surface area contributed by atoms with Crippen LogP contribution in [0.15, 0.2) is 0 Å². The van der Waals surface area contributed by atoms with Gasteiger partial charge in [0.15, 0.2) is 0 Å². The molecule has 1 saturated heterocycles. The lowest BCUT2D eigenvalue weighted by molar-refractivity contribution is -0.140. The van der Waals surface area contributed by atoms with Crippen molar-refractivity contribution in [2.45, 2.75) is 37.4 Å². The van der Waals surface area contributed by atoms with Crippen LogP contribution in [0, 0.1) is 0 Å². The monoisotopic (exact) mass is 309 g/mol. The number of hydrogen-bond donors (Lipinski definition) is 0. The van der Waals surface area contributed by atoms with Crippen molar-refractivity contribution in [3.63, 3.8) is 0 Å². The standard InChI is InChI=1S/C12H23NO4S2/c1-17-12(14)7-5-9-19(15,16)13-8-4-3-6-11(10-13)18-2/h11H,3-10H2,1-2H3/t11-/m1/s1. The molecule has 1 rings (SSSR count). The molecule has 7 heteroatoms. The zero-order valence-electron chi connectivity index (χ0n) is 11.6. The first-order valence-corrected chi connectivity index (χ1v) is 9.46. The van der Waals surface area contributed by atoms with Gasteiger partial charge in [0.25, 0.3) is 0 Å². The fraction of sp³-hybridized carbons (Fsp3) is 0.917. The van der Waals surface area contributed by atoms with E-state index in [2.05, 4.69) is 4.74 Å². The molecule has 1 fully saturated rings. The SMILES string of the molecule is COC(=O)CCCS(=O)(=O)N1CCCC[C@@H](SC)C1. The molecule has 0 spiro atoms. The number of carbonyl (C=O) groups excluding carboxylic acids is 1. The van der Waals surface area contributed by atoms with E-state index in [4.69, 9.17) is 0 Å². The lowest BCUT2D eigenvalue weighted by Gasteiger charge is -2.22. The molecule has 0 aliphatic carbocycles. The molecule has 1 aliphatic rings. The van der Waals surface area contributed by atoms with Crippen LogP contribution in [-0.2, 0) is 19.6 Å². The molecule has 5 nitrogen and oxygen atoms in total. The Morgan fingerprint density at radius 1 is 1.42 bits per heavy atom. The van der Waals surface area contributed by atoms with Crippen LogP contribution in [0.5, 0.6) is 0 Å². The van der Waals surface area contributed by atoms with Gasteiger partial charge in [0.05, 0.1) is 12.9 Å². The fourth-order valence-corrected chi connectivity index (χ4v) is 4.55. The number of ether oxygens (including phenoxy) is 1. The number of methoxy groups -OCH3 is 1. The highest BCUT2D eigenvalue weighted by Crippen LogP contribution is 2.22. The Hall–Kier alpha value is -0.270. The minimum absolute atomic E-state index is 0.0310. The lowest BCUT2D eigenvalue weighted by atomic mass is 10.2. The van der Waals surface area contributed by atoms with Crippen LogP contribution in [0.25, 0.3) is 0 Å². The summed E-state index contributed by atoms with van der Waals surface area (Å²) < 4.78 is 30.6. The van der Waals surface area contributed by atoms with Gasteiger partial charge in [-0.1, -0.05) is 6.42 Å². The minimum atomic E-state index is -3.24. The molecular weight excluding hydrogens is 286 g/mol. The quantitative estimate of drug-likeness (QED) is 0.696. The number of thioether (sulfide) groups is 1. The van der Waals surface area contributed by atoms with E-state index >= 15 is 0 Å². The van der Waals surface area contributed by atoms with Crippen molar-refractivity contribution in [1.82, 2.24) is 4.31 Å². The minimum Gasteiger partial charge on any atom is -0.469 e. The third-order valence-corrected chi connectivity index (χ3v) is 6.30. The Bertz CT molecular complexity index is 383. The van der Waals surface area contributed by atoms with Crippen LogP contribution >= 0.6 is 11.8 Å². The van der Waals surface area contributed by atoms with Gasteiger partial charge in [0, 0.05) is 24.8 Å². The van der Waals surface area contributed by atoms with E-state index in [0.717, 1.165) is 19.3 Å². The molecule has 19 heavy (non-hydrogen) atoms. The highest BCUT2D eigenvalue weighted by atomic mass is 32.2. The summed E-state index contributed by atoms with van der Waals surface area (Å²) in [5.74, 6) is -0.323. The summed E-state index contributed by atoms with van der Waals surface area (Å²) >= 11 is 1.73. The Kier molecular flexibility index (Phi) is 7.17. The Morgan fingerprint density at radius 2 is 2.16 bits per heavy atom. The number of carbonyl (C=O) groups is 1. The van der Waals surface area contributed by atoms with Crippen molar-refractivity contribution in [3.8, 4) is 0 Å². The van der Waals surface area contributed by atoms with Gasteiger partial charge in [-0.3, -0.25) is 4.79 Å². The first-order chi connectivity index (χ1) is 8.99. The van der Waals surface area contributed by atoms with Crippen molar-refractivity contribution in [2.75, 3.05) is 32.2 Å². The summed E-state index contributed by atoms with van der Waals surface area (Å²) in [5.41, 5.74) is 0. The van der Waals surface area contributed by atoms with Crippen molar-refractivity contribution in [2.24, 2.45) is 0 Å². The lowest BCUT2D eigenvalue weighted by Crippen LogP contribution is -2.37. The average molecular weight is 309 g/mol. The molecule has 112 valence electrons. The summed E-state index contributed by atoms with van der Waals surface area (Å²) in [6, 6.07) is 0. The van der Waals surface area contributed by atoms with Gasteiger partial charge in [0.2, 0.25) is 10.0 Å². The molecule has 0 radical (unpaired) electrons. The average Bonchev–Trinajstić information content (AvgIpc) is 2.64. The van der Waals surface area contributed by atoms with Gasteiger partial charge in [-0.05, 0) is 25.5 Å². The maximum Gasteiger partial charge on any atom is 0.305 e. The van der Waals surface area contributed by atoms with Crippen LogP contribution in [0.2, 0.25) is 0 Å². The van der Waals surface area contributed by atoms with Crippen LogP contribution < -0.4 is 0 Å². The molecule has 1 heterocycles. The van der Waals surface area contributed by atoms with Gasteiger partial charge in [-0.2, -0.15) is 11.8 Å². The predicted molar refractivity (Wildman–Crippen MR) is 77.8 cm³/mol. The summed E-state index contributed by atoms with van der Waals surface area (Å²) in [6.07, 6.45) is 5.60. The van der Waals surface area contributed by atoms with E-state index < -0.39 is 10.0 Å². The fourth-order valence-electron chi connectivity index (χ4n) is 2.14. The highest BCUT2D eigenvalue weighted by Gasteiger charge is 2.26. The van der Waals surface area contributed by atoms with Crippen molar-refractivity contribution < 1.29 is 17.9 Å². The summed E-state index contributed by atoms with van der Waals surface area (Å²) in [4.78, 5) is 11.0. The number of nitrogens with zero attached hydrogens (tertiary/aromatic N) is 1. The second-order valence-corrected chi connectivity index (χ2v) is 7.93. The zero-order chi connectivity index (χ0) is 14.3. The maximum atomic E-state index is 12.2.